The van der Waals surface area contributed by atoms with Crippen LogP contribution < -0.4 is 5.32 Å². The lowest BCUT2D eigenvalue weighted by molar-refractivity contribution is -0.165. The average Bonchev–Trinajstić information content (AvgIpc) is 2.69. The molecule has 8 heteroatoms. The summed E-state index contributed by atoms with van der Waals surface area (Å²) in [6.07, 6.45) is 6.09. The normalized spacial score (nSPS) is 31.7. The zero-order chi connectivity index (χ0) is 21.3. The topological polar surface area (TPSA) is 108 Å². The molecule has 0 radical (unpaired) electrons. The Morgan fingerprint density at radius 2 is 1.21 bits per heavy atom. The zero-order valence-corrected chi connectivity index (χ0v) is 17.6. The molecule has 2 atom stereocenters. The largest absolute Gasteiger partial charge is 0.468 e. The number of ether oxygens (including phenoxy) is 3. The maximum absolute atomic E-state index is 13.4. The second-order valence-corrected chi connectivity index (χ2v) is 9.06. The summed E-state index contributed by atoms with van der Waals surface area (Å²) in [6, 6.07) is -1.15. The van der Waals surface area contributed by atoms with E-state index in [-0.39, 0.29) is 5.91 Å². The van der Waals surface area contributed by atoms with Crippen molar-refractivity contribution in [2.24, 2.45) is 35.0 Å². The highest BCUT2D eigenvalue weighted by Gasteiger charge is 2.55. The molecule has 0 saturated heterocycles. The fourth-order valence-electron chi connectivity index (χ4n) is 6.19. The average molecular weight is 409 g/mol. The van der Waals surface area contributed by atoms with Crippen LogP contribution in [0.5, 0.6) is 0 Å². The van der Waals surface area contributed by atoms with Crippen molar-refractivity contribution >= 4 is 23.8 Å². The van der Waals surface area contributed by atoms with Gasteiger partial charge in [-0.25, -0.2) is 4.79 Å². The van der Waals surface area contributed by atoms with Gasteiger partial charge in [-0.1, -0.05) is 6.92 Å². The Balaban J connectivity index is 1.82. The first-order valence-electron chi connectivity index (χ1n) is 10.3. The molecule has 0 unspecified atom stereocenters. The summed E-state index contributed by atoms with van der Waals surface area (Å²) in [5.74, 6) is -3.03. The highest BCUT2D eigenvalue weighted by atomic mass is 16.5. The van der Waals surface area contributed by atoms with E-state index in [1.165, 1.54) is 26.4 Å². The highest BCUT2D eigenvalue weighted by molar-refractivity contribution is 5.96. The van der Waals surface area contributed by atoms with E-state index in [0.29, 0.717) is 17.8 Å². The molecule has 0 aromatic carbocycles. The van der Waals surface area contributed by atoms with Crippen molar-refractivity contribution in [2.45, 2.75) is 51.5 Å². The molecule has 0 aromatic rings. The number of methoxy groups -OCH3 is 3. The molecule has 162 valence electrons. The van der Waals surface area contributed by atoms with Gasteiger partial charge in [-0.2, -0.15) is 0 Å². The molecule has 0 heterocycles. The van der Waals surface area contributed by atoms with Crippen LogP contribution in [0.15, 0.2) is 0 Å². The zero-order valence-electron chi connectivity index (χ0n) is 17.6. The molecule has 4 fully saturated rings. The molecular weight excluding hydrogens is 378 g/mol. The van der Waals surface area contributed by atoms with Crippen molar-refractivity contribution in [1.82, 2.24) is 5.32 Å². The number of nitrogens with one attached hydrogen (secondary N) is 1. The van der Waals surface area contributed by atoms with Crippen LogP contribution in [-0.2, 0) is 33.4 Å². The first-order valence-corrected chi connectivity index (χ1v) is 10.3. The smallest absolute Gasteiger partial charge is 0.328 e. The fourth-order valence-corrected chi connectivity index (χ4v) is 6.19. The molecule has 0 spiro atoms. The lowest BCUT2D eigenvalue weighted by Gasteiger charge is -2.55. The Labute approximate surface area is 171 Å². The molecule has 4 aliphatic carbocycles. The van der Waals surface area contributed by atoms with Crippen LogP contribution in [0.1, 0.15) is 45.4 Å². The first-order chi connectivity index (χ1) is 13.7. The van der Waals surface area contributed by atoms with Gasteiger partial charge in [-0.3, -0.25) is 14.4 Å². The summed E-state index contributed by atoms with van der Waals surface area (Å²) in [5, 5.41) is 2.83. The van der Waals surface area contributed by atoms with Gasteiger partial charge in [0.15, 0.2) is 5.92 Å². The van der Waals surface area contributed by atoms with Gasteiger partial charge in [0.25, 0.3) is 0 Å². The number of carbonyl (C=O) groups is 4. The van der Waals surface area contributed by atoms with E-state index in [4.69, 9.17) is 14.2 Å². The first kappa shape index (κ1) is 21.6. The lowest BCUT2D eigenvalue weighted by atomic mass is 9.49. The number of hydrogen-bond donors (Lipinski definition) is 1. The molecule has 4 saturated carbocycles. The Morgan fingerprint density at radius 1 is 0.793 bits per heavy atom. The second-order valence-electron chi connectivity index (χ2n) is 9.06. The maximum atomic E-state index is 13.4. The number of esters is 3. The molecule has 8 nitrogen and oxygen atoms in total. The van der Waals surface area contributed by atoms with Gasteiger partial charge in [0.1, 0.15) is 6.04 Å². The lowest BCUT2D eigenvalue weighted by Crippen LogP contribution is -2.58. The van der Waals surface area contributed by atoms with Crippen LogP contribution in [-0.4, -0.2) is 51.2 Å². The van der Waals surface area contributed by atoms with E-state index in [1.807, 2.05) is 0 Å². The summed E-state index contributed by atoms with van der Waals surface area (Å²) >= 11 is 0. The molecule has 1 N–H and O–H groups in total. The third kappa shape index (κ3) is 3.98. The predicted molar refractivity (Wildman–Crippen MR) is 101 cm³/mol. The Hall–Kier alpha value is -2.12. The van der Waals surface area contributed by atoms with Crippen molar-refractivity contribution in [1.29, 1.82) is 0 Å². The van der Waals surface area contributed by atoms with Crippen molar-refractivity contribution in [3.8, 4) is 0 Å². The minimum Gasteiger partial charge on any atom is -0.468 e. The molecular formula is C21H31NO7. The number of carbonyl (C=O) groups excluding carboxylic acids is 4. The van der Waals surface area contributed by atoms with E-state index in [2.05, 4.69) is 5.32 Å². The van der Waals surface area contributed by atoms with Crippen molar-refractivity contribution in [3.63, 3.8) is 0 Å². The summed E-state index contributed by atoms with van der Waals surface area (Å²) in [7, 11) is 3.53. The van der Waals surface area contributed by atoms with Gasteiger partial charge in [0, 0.05) is 11.3 Å². The van der Waals surface area contributed by atoms with Crippen LogP contribution in [0.4, 0.5) is 0 Å². The van der Waals surface area contributed by atoms with Crippen LogP contribution in [0.25, 0.3) is 0 Å². The molecule has 4 bridgehead atoms. The molecule has 4 aliphatic rings. The van der Waals surface area contributed by atoms with E-state index in [0.717, 1.165) is 33.5 Å². The van der Waals surface area contributed by atoms with Crippen LogP contribution in [0.3, 0.4) is 0 Å². The van der Waals surface area contributed by atoms with E-state index < -0.39 is 41.2 Å². The van der Waals surface area contributed by atoms with Crippen molar-refractivity contribution in [2.75, 3.05) is 21.3 Å². The molecule has 4 rings (SSSR count). The van der Waals surface area contributed by atoms with Gasteiger partial charge in [0.05, 0.1) is 21.3 Å². The van der Waals surface area contributed by atoms with E-state index >= 15 is 0 Å². The summed E-state index contributed by atoms with van der Waals surface area (Å²) < 4.78 is 14.3. The van der Waals surface area contributed by atoms with Gasteiger partial charge < -0.3 is 19.5 Å². The van der Waals surface area contributed by atoms with Crippen molar-refractivity contribution in [3.05, 3.63) is 0 Å². The summed E-state index contributed by atoms with van der Waals surface area (Å²) in [5.41, 5.74) is -0.466. The monoisotopic (exact) mass is 409 g/mol. The van der Waals surface area contributed by atoms with Gasteiger partial charge in [-0.15, -0.1) is 0 Å². The minimum absolute atomic E-state index is 0.174. The van der Waals surface area contributed by atoms with Crippen LogP contribution in [0.2, 0.25) is 0 Å². The third-order valence-corrected chi connectivity index (χ3v) is 7.22. The molecule has 29 heavy (non-hydrogen) atoms. The van der Waals surface area contributed by atoms with Crippen LogP contribution in [0, 0.1) is 35.0 Å². The second kappa shape index (κ2) is 8.32. The van der Waals surface area contributed by atoms with Gasteiger partial charge in [0.2, 0.25) is 5.91 Å². The third-order valence-electron chi connectivity index (χ3n) is 7.22. The van der Waals surface area contributed by atoms with Crippen LogP contribution >= 0.6 is 0 Å². The fraction of sp³-hybridized carbons (Fsp3) is 0.810. The van der Waals surface area contributed by atoms with Crippen molar-refractivity contribution < 1.29 is 33.4 Å². The van der Waals surface area contributed by atoms with E-state index in [1.54, 1.807) is 6.92 Å². The van der Waals surface area contributed by atoms with Gasteiger partial charge in [-0.05, 0) is 56.3 Å². The Morgan fingerprint density at radius 3 is 1.59 bits per heavy atom. The molecule has 0 aromatic heterocycles. The Kier molecular flexibility index (Phi) is 6.19. The highest BCUT2D eigenvalue weighted by Crippen LogP contribution is 2.60. The predicted octanol–water partition coefficient (Wildman–Crippen LogP) is 1.46. The quantitative estimate of drug-likeness (QED) is 0.385. The molecule has 0 aliphatic heterocycles. The maximum Gasteiger partial charge on any atom is 0.328 e. The van der Waals surface area contributed by atoms with Gasteiger partial charge >= 0.3 is 17.9 Å². The standard InChI is InChI=1S/C21H31NO7/c1-11(15(17(23)27-2)18(24)28-3)16(19(25)29-4)22-20(26)21-8-12-5-13(9-21)7-14(6-12)10-21/h11-16H,5-10H2,1-4H3,(H,22,26)/t11-,12?,13?,14?,16+,21?/m0/s1. The van der Waals surface area contributed by atoms with E-state index in [9.17, 15) is 19.2 Å². The minimum atomic E-state index is -1.34. The summed E-state index contributed by atoms with van der Waals surface area (Å²) in [6.45, 7) is 1.54. The number of amides is 1. The molecule has 1 amide bonds. The SMILES string of the molecule is COC(=O)C(C(=O)OC)[C@H](C)[C@@H](NC(=O)C12CC3CC(CC(C3)C1)C2)C(=O)OC. The Bertz CT molecular complexity index is 637. The number of rotatable bonds is 7. The number of hydrogen-bond acceptors (Lipinski definition) is 7. The summed E-state index contributed by atoms with van der Waals surface area (Å²) in [4.78, 5) is 50.3.